The molecule has 14 aromatic rings. The van der Waals surface area contributed by atoms with Crippen LogP contribution in [-0.4, -0.2) is 9.13 Å². The molecule has 4 heteroatoms. The summed E-state index contributed by atoms with van der Waals surface area (Å²) in [6.45, 7) is 0. The monoisotopic (exact) mass is 893 g/mol. The van der Waals surface area contributed by atoms with Crippen molar-refractivity contribution < 1.29 is 4.42 Å². The van der Waals surface area contributed by atoms with Gasteiger partial charge in [-0.1, -0.05) is 170 Å². The lowest BCUT2D eigenvalue weighted by Crippen LogP contribution is -2.10. The van der Waals surface area contributed by atoms with Gasteiger partial charge in [0, 0.05) is 55.1 Å². The molecular formula is C66H43N3O. The quantitative estimate of drug-likeness (QED) is 0.152. The molecule has 0 spiro atoms. The molecule has 3 aromatic heterocycles. The Bertz CT molecular complexity index is 4260. The Balaban J connectivity index is 0.820. The van der Waals surface area contributed by atoms with Crippen LogP contribution in [-0.2, 0) is 0 Å². The number of fused-ring (bicyclic) bond motifs is 9. The van der Waals surface area contributed by atoms with E-state index in [2.05, 4.69) is 269 Å². The van der Waals surface area contributed by atoms with Crippen molar-refractivity contribution in [1.82, 2.24) is 9.13 Å². The lowest BCUT2D eigenvalue weighted by atomic mass is 9.98. The molecule has 0 aliphatic heterocycles. The molecule has 4 nitrogen and oxygen atoms in total. The molecule has 0 amide bonds. The van der Waals surface area contributed by atoms with Crippen molar-refractivity contribution in [2.45, 2.75) is 0 Å². The Morgan fingerprint density at radius 3 is 1.33 bits per heavy atom. The maximum Gasteiger partial charge on any atom is 0.159 e. The first-order valence-corrected chi connectivity index (χ1v) is 23.9. The van der Waals surface area contributed by atoms with E-state index < -0.39 is 0 Å². The molecule has 0 saturated heterocycles. The Morgan fingerprint density at radius 1 is 0.271 bits per heavy atom. The summed E-state index contributed by atoms with van der Waals surface area (Å²) in [5, 5.41) is 7.19. The average Bonchev–Trinajstić information content (AvgIpc) is 4.10. The third-order valence-corrected chi connectivity index (χ3v) is 14.1. The lowest BCUT2D eigenvalue weighted by molar-refractivity contribution is 0.669. The van der Waals surface area contributed by atoms with Gasteiger partial charge in [0.05, 0.1) is 27.8 Å². The predicted octanol–water partition coefficient (Wildman–Crippen LogP) is 18.3. The summed E-state index contributed by atoms with van der Waals surface area (Å²) in [5.74, 6) is 0. The van der Waals surface area contributed by atoms with E-state index >= 15 is 0 Å². The number of para-hydroxylation sites is 6. The number of hydrogen-bond acceptors (Lipinski definition) is 2. The SMILES string of the molecule is c1ccc(-n2c3ccccc3c3cc(-c4ccc(-c5ccc(N(c6ccc(-c7ccc8c9ccccc9n(-c9ccccc9)c8c7)cc6)c6cccc7c6oc6ccccc67)cc5)cc4)ccc32)cc1. The predicted molar refractivity (Wildman–Crippen MR) is 293 cm³/mol. The zero-order valence-electron chi connectivity index (χ0n) is 38.1. The van der Waals surface area contributed by atoms with Crippen LogP contribution in [0, 0.1) is 0 Å². The minimum Gasteiger partial charge on any atom is -0.454 e. The normalized spacial score (nSPS) is 11.7. The average molecular weight is 894 g/mol. The van der Waals surface area contributed by atoms with Gasteiger partial charge in [0.2, 0.25) is 0 Å². The molecule has 0 unspecified atom stereocenters. The van der Waals surface area contributed by atoms with Gasteiger partial charge in [-0.05, 0) is 124 Å². The highest BCUT2D eigenvalue weighted by Gasteiger charge is 2.21. The fraction of sp³-hybridized carbons (Fsp3) is 0. The smallest absolute Gasteiger partial charge is 0.159 e. The van der Waals surface area contributed by atoms with Gasteiger partial charge in [0.15, 0.2) is 5.58 Å². The standard InChI is InChI=1S/C66H43N3O/c1-3-14-50(15-4-1)68-61-23-11-8-19-55(61)59-42-48(35-41-62(59)68)46-28-26-44(27-29-46)45-30-36-52(37-31-45)67(63-24-13-21-58-57-20-9-12-25-65(57)70-66(58)63)53-38-32-47(33-39-53)49-34-40-56-54-18-7-10-22-60(54)69(64(56)43-49)51-16-5-2-6-17-51/h1-43H. The summed E-state index contributed by atoms with van der Waals surface area (Å²) in [6, 6.07) is 94.0. The summed E-state index contributed by atoms with van der Waals surface area (Å²) in [4.78, 5) is 2.32. The number of furan rings is 1. The van der Waals surface area contributed by atoms with Gasteiger partial charge in [0.1, 0.15) is 5.58 Å². The number of benzene rings is 11. The molecule has 14 rings (SSSR count). The van der Waals surface area contributed by atoms with Crippen LogP contribution in [0.5, 0.6) is 0 Å². The summed E-state index contributed by atoms with van der Waals surface area (Å²) in [7, 11) is 0. The number of hydrogen-bond donors (Lipinski definition) is 0. The van der Waals surface area contributed by atoms with Crippen molar-refractivity contribution in [3.63, 3.8) is 0 Å². The van der Waals surface area contributed by atoms with E-state index in [1.165, 1.54) is 60.4 Å². The second-order valence-corrected chi connectivity index (χ2v) is 18.1. The molecule has 11 aromatic carbocycles. The second kappa shape index (κ2) is 16.2. The molecule has 0 atom stereocenters. The fourth-order valence-electron chi connectivity index (χ4n) is 10.8. The van der Waals surface area contributed by atoms with Crippen molar-refractivity contribution in [2.75, 3.05) is 4.90 Å². The third-order valence-electron chi connectivity index (χ3n) is 14.1. The van der Waals surface area contributed by atoms with Gasteiger partial charge in [-0.2, -0.15) is 0 Å². The zero-order valence-corrected chi connectivity index (χ0v) is 38.1. The van der Waals surface area contributed by atoms with Crippen LogP contribution in [0.4, 0.5) is 17.1 Å². The molecule has 0 aliphatic rings. The van der Waals surface area contributed by atoms with E-state index in [-0.39, 0.29) is 0 Å². The van der Waals surface area contributed by atoms with Gasteiger partial charge in [-0.25, -0.2) is 0 Å². The summed E-state index contributed by atoms with van der Waals surface area (Å²) < 4.78 is 11.4. The number of aromatic nitrogens is 2. The van der Waals surface area contributed by atoms with Gasteiger partial charge in [0.25, 0.3) is 0 Å². The van der Waals surface area contributed by atoms with Crippen LogP contribution in [0.1, 0.15) is 0 Å². The van der Waals surface area contributed by atoms with E-state index in [0.29, 0.717) is 0 Å². The molecule has 0 bridgehead atoms. The molecule has 0 fully saturated rings. The van der Waals surface area contributed by atoms with Gasteiger partial charge in [-0.15, -0.1) is 0 Å². The molecule has 0 aliphatic carbocycles. The zero-order chi connectivity index (χ0) is 46.1. The minimum atomic E-state index is 0.856. The largest absolute Gasteiger partial charge is 0.454 e. The van der Waals surface area contributed by atoms with E-state index in [1.54, 1.807) is 0 Å². The molecule has 0 N–H and O–H groups in total. The van der Waals surface area contributed by atoms with E-state index in [0.717, 1.165) is 66.9 Å². The number of rotatable bonds is 8. The topological polar surface area (TPSA) is 26.2 Å². The highest BCUT2D eigenvalue weighted by molar-refractivity contribution is 6.12. The van der Waals surface area contributed by atoms with Crippen LogP contribution in [0.15, 0.2) is 265 Å². The Morgan fingerprint density at radius 2 is 0.700 bits per heavy atom. The van der Waals surface area contributed by atoms with Crippen LogP contribution >= 0.6 is 0 Å². The van der Waals surface area contributed by atoms with Crippen molar-refractivity contribution in [3.8, 4) is 44.8 Å². The first kappa shape index (κ1) is 39.8. The summed E-state index contributed by atoms with van der Waals surface area (Å²) >= 11 is 0. The molecule has 0 radical (unpaired) electrons. The van der Waals surface area contributed by atoms with Crippen molar-refractivity contribution in [3.05, 3.63) is 261 Å². The van der Waals surface area contributed by atoms with Crippen LogP contribution in [0.2, 0.25) is 0 Å². The Hall–Kier alpha value is -9.38. The lowest BCUT2D eigenvalue weighted by Gasteiger charge is -2.26. The molecule has 0 saturated carbocycles. The Labute approximate surface area is 404 Å². The molecular weight excluding hydrogens is 851 g/mol. The first-order chi connectivity index (χ1) is 34.7. The van der Waals surface area contributed by atoms with Crippen LogP contribution in [0.3, 0.4) is 0 Å². The minimum absolute atomic E-state index is 0.856. The van der Waals surface area contributed by atoms with Crippen LogP contribution < -0.4 is 4.90 Å². The summed E-state index contributed by atoms with van der Waals surface area (Å²) in [5.41, 5.74) is 18.9. The van der Waals surface area contributed by atoms with E-state index in [1.807, 2.05) is 6.07 Å². The molecule has 328 valence electrons. The highest BCUT2D eigenvalue weighted by Crippen LogP contribution is 2.44. The van der Waals surface area contributed by atoms with Gasteiger partial charge >= 0.3 is 0 Å². The van der Waals surface area contributed by atoms with Crippen molar-refractivity contribution >= 4 is 82.6 Å². The molecule has 70 heavy (non-hydrogen) atoms. The second-order valence-electron chi connectivity index (χ2n) is 18.1. The maximum atomic E-state index is 6.68. The highest BCUT2D eigenvalue weighted by atomic mass is 16.3. The number of nitrogens with zero attached hydrogens (tertiary/aromatic N) is 3. The molecule has 3 heterocycles. The van der Waals surface area contributed by atoms with E-state index in [9.17, 15) is 0 Å². The van der Waals surface area contributed by atoms with Crippen LogP contribution in [0.25, 0.3) is 110 Å². The summed E-state index contributed by atoms with van der Waals surface area (Å²) in [6.07, 6.45) is 0. The third kappa shape index (κ3) is 6.46. The maximum absolute atomic E-state index is 6.68. The van der Waals surface area contributed by atoms with Gasteiger partial charge < -0.3 is 18.5 Å². The van der Waals surface area contributed by atoms with E-state index in [4.69, 9.17) is 4.42 Å². The Kier molecular flexibility index (Phi) is 9.17. The number of anilines is 3. The van der Waals surface area contributed by atoms with Crippen molar-refractivity contribution in [1.29, 1.82) is 0 Å². The van der Waals surface area contributed by atoms with Crippen molar-refractivity contribution in [2.24, 2.45) is 0 Å². The van der Waals surface area contributed by atoms with Gasteiger partial charge in [-0.3, -0.25) is 0 Å². The fourth-order valence-corrected chi connectivity index (χ4v) is 10.8. The first-order valence-electron chi connectivity index (χ1n) is 23.9.